The Bertz CT molecular complexity index is 553. The minimum Gasteiger partial charge on any atom is -0.348 e. The van der Waals surface area contributed by atoms with Crippen molar-refractivity contribution < 1.29 is 4.79 Å². The molecule has 0 aliphatic heterocycles. The minimum atomic E-state index is -0.476. The average Bonchev–Trinajstić information content (AvgIpc) is 2.89. The molecule has 0 aliphatic carbocycles. The number of aryl methyl sites for hydroxylation is 2. The van der Waals surface area contributed by atoms with E-state index in [9.17, 15) is 4.79 Å². The third kappa shape index (κ3) is 4.43. The second-order valence-electron chi connectivity index (χ2n) is 4.73. The van der Waals surface area contributed by atoms with Crippen LogP contribution in [-0.4, -0.2) is 16.9 Å². The van der Waals surface area contributed by atoms with Crippen molar-refractivity contribution >= 4 is 17.2 Å². The SMILES string of the molecule is Cc1csc(CNC(=O)C(N)CCc2ccccc2)n1. The molecule has 0 fully saturated rings. The van der Waals surface area contributed by atoms with Gasteiger partial charge in [-0.15, -0.1) is 11.3 Å². The van der Waals surface area contributed by atoms with Gasteiger partial charge in [-0.1, -0.05) is 30.3 Å². The molecule has 2 aromatic rings. The van der Waals surface area contributed by atoms with Crippen molar-refractivity contribution in [2.24, 2.45) is 5.73 Å². The van der Waals surface area contributed by atoms with Gasteiger partial charge in [-0.2, -0.15) is 0 Å². The van der Waals surface area contributed by atoms with E-state index < -0.39 is 6.04 Å². The van der Waals surface area contributed by atoms with Gasteiger partial charge in [0.05, 0.1) is 12.6 Å². The first-order chi connectivity index (χ1) is 9.65. The average molecular weight is 289 g/mol. The number of nitrogens with zero attached hydrogens (tertiary/aromatic N) is 1. The summed E-state index contributed by atoms with van der Waals surface area (Å²) in [7, 11) is 0. The molecule has 1 aromatic heterocycles. The molecule has 1 atom stereocenters. The van der Waals surface area contributed by atoms with Gasteiger partial charge in [0.1, 0.15) is 5.01 Å². The Kier molecular flexibility index (Phi) is 5.26. The molecule has 106 valence electrons. The summed E-state index contributed by atoms with van der Waals surface area (Å²) in [6.07, 6.45) is 1.46. The maximum absolute atomic E-state index is 11.9. The Hall–Kier alpha value is -1.72. The summed E-state index contributed by atoms with van der Waals surface area (Å²) in [6, 6.07) is 9.58. The molecule has 0 spiro atoms. The molecule has 0 bridgehead atoms. The molecule has 20 heavy (non-hydrogen) atoms. The molecule has 0 aliphatic rings. The highest BCUT2D eigenvalue weighted by Gasteiger charge is 2.13. The largest absolute Gasteiger partial charge is 0.348 e. The van der Waals surface area contributed by atoms with Crippen LogP contribution in [0.4, 0.5) is 0 Å². The Labute approximate surface area is 123 Å². The molecular formula is C15H19N3OS. The van der Waals surface area contributed by atoms with E-state index in [-0.39, 0.29) is 5.91 Å². The van der Waals surface area contributed by atoms with E-state index in [2.05, 4.69) is 10.3 Å². The van der Waals surface area contributed by atoms with Crippen molar-refractivity contribution in [3.8, 4) is 0 Å². The van der Waals surface area contributed by atoms with Gasteiger partial charge in [0.2, 0.25) is 5.91 Å². The van der Waals surface area contributed by atoms with E-state index in [0.717, 1.165) is 17.1 Å². The zero-order valence-corrected chi connectivity index (χ0v) is 12.3. The Balaban J connectivity index is 1.74. The lowest BCUT2D eigenvalue weighted by atomic mass is 10.1. The molecular weight excluding hydrogens is 270 g/mol. The standard InChI is InChI=1S/C15H19N3OS/c1-11-10-20-14(18-11)9-17-15(19)13(16)8-7-12-5-3-2-4-6-12/h2-6,10,13H,7-9,16H2,1H3,(H,17,19). The maximum atomic E-state index is 11.9. The number of rotatable bonds is 6. The minimum absolute atomic E-state index is 0.117. The third-order valence-electron chi connectivity index (χ3n) is 3.00. The number of amides is 1. The van der Waals surface area contributed by atoms with Crippen molar-refractivity contribution in [3.05, 3.63) is 52.0 Å². The van der Waals surface area contributed by atoms with Gasteiger partial charge < -0.3 is 11.1 Å². The molecule has 0 saturated carbocycles. The summed E-state index contributed by atoms with van der Waals surface area (Å²) in [5, 5.41) is 5.71. The normalized spacial score (nSPS) is 12.1. The Morgan fingerprint density at radius 3 is 2.80 bits per heavy atom. The Morgan fingerprint density at radius 1 is 1.40 bits per heavy atom. The van der Waals surface area contributed by atoms with Crippen molar-refractivity contribution in [1.29, 1.82) is 0 Å². The fraction of sp³-hybridized carbons (Fsp3) is 0.333. The lowest BCUT2D eigenvalue weighted by molar-refractivity contribution is -0.122. The molecule has 5 heteroatoms. The zero-order valence-electron chi connectivity index (χ0n) is 11.5. The van der Waals surface area contributed by atoms with Crippen LogP contribution in [0.25, 0.3) is 0 Å². The van der Waals surface area contributed by atoms with Crippen LogP contribution in [0.2, 0.25) is 0 Å². The van der Waals surface area contributed by atoms with E-state index in [1.54, 1.807) is 11.3 Å². The van der Waals surface area contributed by atoms with E-state index in [0.29, 0.717) is 13.0 Å². The second kappa shape index (κ2) is 7.17. The van der Waals surface area contributed by atoms with Gasteiger partial charge >= 0.3 is 0 Å². The molecule has 1 amide bonds. The molecule has 4 nitrogen and oxygen atoms in total. The lowest BCUT2D eigenvalue weighted by Crippen LogP contribution is -2.40. The topological polar surface area (TPSA) is 68.0 Å². The highest BCUT2D eigenvalue weighted by Crippen LogP contribution is 2.08. The smallest absolute Gasteiger partial charge is 0.237 e. The summed E-state index contributed by atoms with van der Waals surface area (Å²) in [4.78, 5) is 16.2. The molecule has 0 saturated heterocycles. The number of nitrogens with two attached hydrogens (primary N) is 1. The van der Waals surface area contributed by atoms with Crippen LogP contribution in [0.15, 0.2) is 35.7 Å². The molecule has 1 aromatic carbocycles. The molecule has 1 unspecified atom stereocenters. The summed E-state index contributed by atoms with van der Waals surface area (Å²) in [6.45, 7) is 2.39. The first-order valence-electron chi connectivity index (χ1n) is 6.63. The van der Waals surface area contributed by atoms with Gasteiger partial charge in [-0.05, 0) is 25.3 Å². The monoisotopic (exact) mass is 289 g/mol. The number of nitrogens with one attached hydrogen (secondary N) is 1. The molecule has 2 rings (SSSR count). The highest BCUT2D eigenvalue weighted by atomic mass is 32.1. The van der Waals surface area contributed by atoms with Crippen molar-refractivity contribution in [3.63, 3.8) is 0 Å². The first-order valence-corrected chi connectivity index (χ1v) is 7.51. The number of benzene rings is 1. The van der Waals surface area contributed by atoms with Crippen LogP contribution in [0.5, 0.6) is 0 Å². The van der Waals surface area contributed by atoms with E-state index >= 15 is 0 Å². The lowest BCUT2D eigenvalue weighted by Gasteiger charge is -2.11. The number of hydrogen-bond acceptors (Lipinski definition) is 4. The van der Waals surface area contributed by atoms with Crippen molar-refractivity contribution in [2.75, 3.05) is 0 Å². The number of aromatic nitrogens is 1. The van der Waals surface area contributed by atoms with E-state index in [4.69, 9.17) is 5.73 Å². The molecule has 0 radical (unpaired) electrons. The van der Waals surface area contributed by atoms with Crippen LogP contribution in [-0.2, 0) is 17.8 Å². The summed E-state index contributed by atoms with van der Waals surface area (Å²) < 4.78 is 0. The van der Waals surface area contributed by atoms with Gasteiger partial charge in [-0.3, -0.25) is 4.79 Å². The predicted molar refractivity (Wildman–Crippen MR) is 81.4 cm³/mol. The zero-order chi connectivity index (χ0) is 14.4. The van der Waals surface area contributed by atoms with Crippen LogP contribution in [0.3, 0.4) is 0 Å². The molecule has 3 N–H and O–H groups in total. The third-order valence-corrected chi connectivity index (χ3v) is 3.97. The second-order valence-corrected chi connectivity index (χ2v) is 5.67. The Morgan fingerprint density at radius 2 is 2.15 bits per heavy atom. The summed E-state index contributed by atoms with van der Waals surface area (Å²) in [5.74, 6) is -0.117. The van der Waals surface area contributed by atoms with Gasteiger partial charge in [0, 0.05) is 11.1 Å². The van der Waals surface area contributed by atoms with E-state index in [1.807, 2.05) is 42.6 Å². The number of thiazole rings is 1. The summed E-state index contributed by atoms with van der Waals surface area (Å²) in [5.41, 5.74) is 8.08. The predicted octanol–water partition coefficient (Wildman–Crippen LogP) is 2.03. The van der Waals surface area contributed by atoms with Gasteiger partial charge in [0.15, 0.2) is 0 Å². The van der Waals surface area contributed by atoms with Crippen LogP contribution in [0.1, 0.15) is 22.7 Å². The number of hydrogen-bond donors (Lipinski definition) is 2. The van der Waals surface area contributed by atoms with Crippen molar-refractivity contribution in [2.45, 2.75) is 32.4 Å². The van der Waals surface area contributed by atoms with Crippen LogP contribution >= 0.6 is 11.3 Å². The van der Waals surface area contributed by atoms with E-state index in [1.165, 1.54) is 5.56 Å². The first kappa shape index (κ1) is 14.7. The summed E-state index contributed by atoms with van der Waals surface area (Å²) >= 11 is 1.55. The highest BCUT2D eigenvalue weighted by molar-refractivity contribution is 7.09. The van der Waals surface area contributed by atoms with Gasteiger partial charge in [-0.25, -0.2) is 4.98 Å². The number of carbonyl (C=O) groups excluding carboxylic acids is 1. The van der Waals surface area contributed by atoms with Crippen molar-refractivity contribution in [1.82, 2.24) is 10.3 Å². The quantitative estimate of drug-likeness (QED) is 0.855. The fourth-order valence-corrected chi connectivity index (χ4v) is 2.59. The number of carbonyl (C=O) groups is 1. The molecule has 1 heterocycles. The van der Waals surface area contributed by atoms with Crippen LogP contribution < -0.4 is 11.1 Å². The maximum Gasteiger partial charge on any atom is 0.237 e. The fourth-order valence-electron chi connectivity index (χ4n) is 1.88. The van der Waals surface area contributed by atoms with Crippen LogP contribution in [0, 0.1) is 6.92 Å². The van der Waals surface area contributed by atoms with Gasteiger partial charge in [0.25, 0.3) is 0 Å².